The molecule has 0 fully saturated rings. The van der Waals surface area contributed by atoms with Crippen LogP contribution >= 0.6 is 27.7 Å². The van der Waals surface area contributed by atoms with Crippen LogP contribution in [0.25, 0.3) is 0 Å². The Morgan fingerprint density at radius 3 is 2.57 bits per heavy atom. The van der Waals surface area contributed by atoms with Crippen molar-refractivity contribution in [3.63, 3.8) is 0 Å². The summed E-state index contributed by atoms with van der Waals surface area (Å²) in [5.74, 6) is -0.891. The molecule has 0 aromatic heterocycles. The van der Waals surface area contributed by atoms with Crippen molar-refractivity contribution >= 4 is 33.7 Å². The van der Waals surface area contributed by atoms with Gasteiger partial charge in [-0.15, -0.1) is 11.8 Å². The van der Waals surface area contributed by atoms with Gasteiger partial charge < -0.3 is 10.4 Å². The molecule has 2 rings (SSSR count). The van der Waals surface area contributed by atoms with Gasteiger partial charge in [-0.25, -0.2) is 4.79 Å². The third-order valence-corrected chi connectivity index (χ3v) is 5.00. The summed E-state index contributed by atoms with van der Waals surface area (Å²) in [6.45, 7) is 5.87. The topological polar surface area (TPSA) is 49.3 Å². The van der Waals surface area contributed by atoms with Crippen LogP contribution in [0, 0.1) is 0 Å². The lowest BCUT2D eigenvalue weighted by atomic mass is 10.1. The third-order valence-electron chi connectivity index (χ3n) is 3.26. The summed E-state index contributed by atoms with van der Waals surface area (Å²) in [6.07, 6.45) is 0. The molecular weight excluding hydrogens is 374 g/mol. The molecule has 0 amide bonds. The maximum atomic E-state index is 11.0. The highest BCUT2D eigenvalue weighted by Gasteiger charge is 2.19. The van der Waals surface area contributed by atoms with E-state index in [9.17, 15) is 4.79 Å². The molecule has 2 N–H and O–H groups in total. The van der Waals surface area contributed by atoms with E-state index in [0.717, 1.165) is 16.6 Å². The highest BCUT2D eigenvalue weighted by Crippen LogP contribution is 2.32. The van der Waals surface area contributed by atoms with Crippen molar-refractivity contribution in [3.05, 3.63) is 64.1 Å². The zero-order chi connectivity index (χ0) is 16.9. The molecule has 0 atom stereocenters. The van der Waals surface area contributed by atoms with Crippen LogP contribution in [-0.2, 0) is 6.54 Å². The van der Waals surface area contributed by atoms with Gasteiger partial charge in [0.2, 0.25) is 0 Å². The Balaban J connectivity index is 1.88. The minimum Gasteiger partial charge on any atom is -0.478 e. The fourth-order valence-corrected chi connectivity index (χ4v) is 3.53. The number of aromatic carboxylic acids is 1. The summed E-state index contributed by atoms with van der Waals surface area (Å²) in [5.41, 5.74) is 1.31. The quantitative estimate of drug-likeness (QED) is 0.662. The van der Waals surface area contributed by atoms with E-state index < -0.39 is 5.97 Å². The molecule has 0 saturated carbocycles. The standard InChI is InChI=1S/C18H20BrNO2S/c1-18(2,23-16-8-6-15(19)7-9-16)12-20-11-13-4-3-5-14(10-13)17(21)22/h3-10,20H,11-12H2,1-2H3,(H,21,22). The molecular formula is C18H20BrNO2S. The number of benzene rings is 2. The first kappa shape index (κ1) is 18.0. The smallest absolute Gasteiger partial charge is 0.335 e. The molecule has 2 aromatic rings. The van der Waals surface area contributed by atoms with Crippen LogP contribution in [0.15, 0.2) is 57.9 Å². The molecule has 0 unspecified atom stereocenters. The number of rotatable bonds is 7. The summed E-state index contributed by atoms with van der Waals surface area (Å²) in [4.78, 5) is 12.2. The van der Waals surface area contributed by atoms with E-state index in [0.29, 0.717) is 12.1 Å². The lowest BCUT2D eigenvalue weighted by Crippen LogP contribution is -2.31. The van der Waals surface area contributed by atoms with Crippen molar-refractivity contribution < 1.29 is 9.90 Å². The Labute approximate surface area is 149 Å². The van der Waals surface area contributed by atoms with E-state index in [2.05, 4.69) is 47.2 Å². The highest BCUT2D eigenvalue weighted by molar-refractivity contribution is 9.10. The Bertz CT molecular complexity index is 671. The largest absolute Gasteiger partial charge is 0.478 e. The van der Waals surface area contributed by atoms with Crippen molar-refractivity contribution in [2.75, 3.05) is 6.54 Å². The Morgan fingerprint density at radius 2 is 1.91 bits per heavy atom. The fraction of sp³-hybridized carbons (Fsp3) is 0.278. The van der Waals surface area contributed by atoms with Crippen LogP contribution in [-0.4, -0.2) is 22.4 Å². The summed E-state index contributed by atoms with van der Waals surface area (Å²) >= 11 is 5.27. The van der Waals surface area contributed by atoms with E-state index in [1.165, 1.54) is 4.90 Å². The minimum absolute atomic E-state index is 0.0399. The lowest BCUT2D eigenvalue weighted by molar-refractivity contribution is 0.0696. The minimum atomic E-state index is -0.891. The first-order valence-electron chi connectivity index (χ1n) is 7.33. The first-order valence-corrected chi connectivity index (χ1v) is 8.94. The second-order valence-corrected chi connectivity index (χ2v) is 8.62. The average molecular weight is 394 g/mol. The van der Waals surface area contributed by atoms with Crippen molar-refractivity contribution in [2.45, 2.75) is 30.0 Å². The molecule has 23 heavy (non-hydrogen) atoms. The maximum Gasteiger partial charge on any atom is 0.335 e. The van der Waals surface area contributed by atoms with E-state index in [1.54, 1.807) is 18.2 Å². The highest BCUT2D eigenvalue weighted by atomic mass is 79.9. The van der Waals surface area contributed by atoms with Crippen molar-refractivity contribution in [1.82, 2.24) is 5.32 Å². The molecule has 0 heterocycles. The van der Waals surface area contributed by atoms with Gasteiger partial charge in [-0.3, -0.25) is 0 Å². The monoisotopic (exact) mass is 393 g/mol. The number of carbonyl (C=O) groups is 1. The molecule has 5 heteroatoms. The molecule has 0 aliphatic rings. The van der Waals surface area contributed by atoms with Crippen LogP contribution in [0.3, 0.4) is 0 Å². The van der Waals surface area contributed by atoms with Crippen LogP contribution < -0.4 is 5.32 Å². The molecule has 0 saturated heterocycles. The molecule has 0 aliphatic heterocycles. The molecule has 0 radical (unpaired) electrons. The predicted molar refractivity (Wildman–Crippen MR) is 99.2 cm³/mol. The summed E-state index contributed by atoms with van der Waals surface area (Å²) < 4.78 is 1.12. The second kappa shape index (κ2) is 7.99. The normalized spacial score (nSPS) is 11.4. The molecule has 3 nitrogen and oxygen atoms in total. The lowest BCUT2D eigenvalue weighted by Gasteiger charge is -2.24. The number of carboxylic acids is 1. The summed E-state index contributed by atoms with van der Waals surface area (Å²) in [7, 11) is 0. The SMILES string of the molecule is CC(C)(CNCc1cccc(C(=O)O)c1)Sc1ccc(Br)cc1. The first-order chi connectivity index (χ1) is 10.9. The molecule has 2 aromatic carbocycles. The number of carboxylic acid groups (broad SMARTS) is 1. The zero-order valence-corrected chi connectivity index (χ0v) is 15.6. The Hall–Kier alpha value is -1.30. The van der Waals surface area contributed by atoms with Gasteiger partial charge in [-0.05, 0) is 55.8 Å². The zero-order valence-electron chi connectivity index (χ0n) is 13.2. The van der Waals surface area contributed by atoms with Gasteiger partial charge in [0.05, 0.1) is 5.56 Å². The van der Waals surface area contributed by atoms with E-state index in [4.69, 9.17) is 5.11 Å². The van der Waals surface area contributed by atoms with Gasteiger partial charge in [0.25, 0.3) is 0 Å². The number of nitrogens with one attached hydrogen (secondary N) is 1. The Kier molecular flexibility index (Phi) is 6.27. The van der Waals surface area contributed by atoms with E-state index in [1.807, 2.05) is 30.0 Å². The van der Waals surface area contributed by atoms with Gasteiger partial charge in [0, 0.05) is 27.2 Å². The van der Waals surface area contributed by atoms with Gasteiger partial charge in [-0.1, -0.05) is 28.1 Å². The number of thioether (sulfide) groups is 1. The van der Waals surface area contributed by atoms with E-state index in [-0.39, 0.29) is 4.75 Å². The van der Waals surface area contributed by atoms with Crippen molar-refractivity contribution in [2.24, 2.45) is 0 Å². The summed E-state index contributed by atoms with van der Waals surface area (Å²) in [5, 5.41) is 12.4. The maximum absolute atomic E-state index is 11.0. The molecule has 122 valence electrons. The van der Waals surface area contributed by atoms with E-state index >= 15 is 0 Å². The van der Waals surface area contributed by atoms with Crippen LogP contribution in [0.1, 0.15) is 29.8 Å². The van der Waals surface area contributed by atoms with Crippen LogP contribution in [0.4, 0.5) is 0 Å². The Morgan fingerprint density at radius 1 is 1.22 bits per heavy atom. The van der Waals surface area contributed by atoms with Crippen molar-refractivity contribution in [3.8, 4) is 0 Å². The van der Waals surface area contributed by atoms with Gasteiger partial charge >= 0.3 is 5.97 Å². The number of halogens is 1. The van der Waals surface area contributed by atoms with Gasteiger partial charge in [-0.2, -0.15) is 0 Å². The van der Waals surface area contributed by atoms with Crippen LogP contribution in [0.2, 0.25) is 0 Å². The van der Waals surface area contributed by atoms with Crippen LogP contribution in [0.5, 0.6) is 0 Å². The summed E-state index contributed by atoms with van der Waals surface area (Å²) in [6, 6.07) is 15.3. The number of hydrogen-bond acceptors (Lipinski definition) is 3. The van der Waals surface area contributed by atoms with Crippen molar-refractivity contribution in [1.29, 1.82) is 0 Å². The fourth-order valence-electron chi connectivity index (χ4n) is 2.18. The van der Waals surface area contributed by atoms with Gasteiger partial charge in [0.15, 0.2) is 0 Å². The third kappa shape index (κ3) is 6.01. The molecule has 0 spiro atoms. The number of hydrogen-bond donors (Lipinski definition) is 2. The second-order valence-electron chi connectivity index (χ2n) is 5.92. The molecule has 0 bridgehead atoms. The average Bonchev–Trinajstić information content (AvgIpc) is 2.49. The van der Waals surface area contributed by atoms with Gasteiger partial charge in [0.1, 0.15) is 0 Å². The predicted octanol–water partition coefficient (Wildman–Crippen LogP) is 4.81. The molecule has 0 aliphatic carbocycles.